The van der Waals surface area contributed by atoms with E-state index in [-0.39, 0.29) is 12.3 Å². The Morgan fingerprint density at radius 2 is 2.00 bits per heavy atom. The van der Waals surface area contributed by atoms with Gasteiger partial charge in [0.25, 0.3) is 5.91 Å². The minimum absolute atomic E-state index is 0.0902. The van der Waals surface area contributed by atoms with Crippen molar-refractivity contribution in [1.82, 2.24) is 0 Å². The van der Waals surface area contributed by atoms with Crippen molar-refractivity contribution in [2.24, 2.45) is 0 Å². The maximum Gasteiger partial charge on any atom is 0.262 e. The standard InChI is InChI=1S/C15H12BrF2NO2/c1-9-2-4-13(12(18)6-9)19-15(20)8-21-14-5-3-10(17)7-11(14)16/h2-7H,8H2,1H3,(H,19,20). The van der Waals surface area contributed by atoms with Crippen LogP contribution in [0.1, 0.15) is 5.56 Å². The number of carbonyl (C=O) groups is 1. The summed E-state index contributed by atoms with van der Waals surface area (Å²) < 4.78 is 32.1. The number of nitrogens with one attached hydrogen (secondary N) is 1. The number of rotatable bonds is 4. The molecule has 0 heterocycles. The fourth-order valence-electron chi connectivity index (χ4n) is 1.64. The minimum Gasteiger partial charge on any atom is -0.483 e. The first-order valence-corrected chi connectivity index (χ1v) is 6.89. The molecule has 2 aromatic carbocycles. The summed E-state index contributed by atoms with van der Waals surface area (Å²) in [5.74, 6) is -1.10. The molecule has 0 radical (unpaired) electrons. The van der Waals surface area contributed by atoms with E-state index < -0.39 is 17.5 Å². The molecule has 0 saturated carbocycles. The topological polar surface area (TPSA) is 38.3 Å². The van der Waals surface area contributed by atoms with Gasteiger partial charge in [0, 0.05) is 0 Å². The van der Waals surface area contributed by atoms with Crippen LogP contribution in [0.2, 0.25) is 0 Å². The molecule has 1 amide bonds. The Morgan fingerprint density at radius 3 is 2.67 bits per heavy atom. The highest BCUT2D eigenvalue weighted by Gasteiger charge is 2.09. The quantitative estimate of drug-likeness (QED) is 0.898. The Labute approximate surface area is 129 Å². The molecule has 0 aliphatic heterocycles. The number of hydrogen-bond donors (Lipinski definition) is 1. The van der Waals surface area contributed by atoms with Gasteiger partial charge in [0.1, 0.15) is 17.4 Å². The molecule has 0 atom stereocenters. The second-order valence-electron chi connectivity index (χ2n) is 4.39. The molecule has 0 unspecified atom stereocenters. The lowest BCUT2D eigenvalue weighted by Gasteiger charge is -2.09. The molecular formula is C15H12BrF2NO2. The van der Waals surface area contributed by atoms with Crippen LogP contribution < -0.4 is 10.1 Å². The van der Waals surface area contributed by atoms with E-state index in [1.54, 1.807) is 13.0 Å². The molecule has 0 saturated heterocycles. The zero-order valence-electron chi connectivity index (χ0n) is 11.1. The van der Waals surface area contributed by atoms with Gasteiger partial charge in [0.2, 0.25) is 0 Å². The SMILES string of the molecule is Cc1ccc(NC(=O)COc2ccc(F)cc2Br)c(F)c1. The van der Waals surface area contributed by atoms with E-state index in [4.69, 9.17) is 4.74 Å². The van der Waals surface area contributed by atoms with Gasteiger partial charge in [0.15, 0.2) is 6.61 Å². The average Bonchev–Trinajstić information content (AvgIpc) is 2.41. The Kier molecular flexibility index (Phi) is 4.90. The van der Waals surface area contributed by atoms with E-state index >= 15 is 0 Å². The summed E-state index contributed by atoms with van der Waals surface area (Å²) in [6, 6.07) is 8.35. The lowest BCUT2D eigenvalue weighted by atomic mass is 10.2. The molecule has 0 fully saturated rings. The van der Waals surface area contributed by atoms with E-state index in [0.717, 1.165) is 5.56 Å². The van der Waals surface area contributed by atoms with Crippen LogP contribution in [0, 0.1) is 18.6 Å². The molecule has 0 spiro atoms. The van der Waals surface area contributed by atoms with Crippen molar-refractivity contribution in [2.75, 3.05) is 11.9 Å². The molecule has 0 bridgehead atoms. The van der Waals surface area contributed by atoms with Crippen molar-refractivity contribution >= 4 is 27.5 Å². The summed E-state index contributed by atoms with van der Waals surface area (Å²) >= 11 is 3.13. The number of aryl methyl sites for hydroxylation is 1. The predicted octanol–water partition coefficient (Wildman–Crippen LogP) is 4.05. The Hall–Kier alpha value is -1.95. The lowest BCUT2D eigenvalue weighted by Crippen LogP contribution is -2.21. The van der Waals surface area contributed by atoms with Crippen molar-refractivity contribution in [2.45, 2.75) is 6.92 Å². The van der Waals surface area contributed by atoms with Crippen molar-refractivity contribution in [3.8, 4) is 5.75 Å². The molecule has 1 N–H and O–H groups in total. The lowest BCUT2D eigenvalue weighted by molar-refractivity contribution is -0.118. The summed E-state index contributed by atoms with van der Waals surface area (Å²) in [5.41, 5.74) is 0.851. The maximum atomic E-state index is 13.6. The molecule has 110 valence electrons. The summed E-state index contributed by atoms with van der Waals surface area (Å²) in [4.78, 5) is 11.7. The molecule has 0 aliphatic rings. The first kappa shape index (κ1) is 15.4. The zero-order valence-corrected chi connectivity index (χ0v) is 12.7. The van der Waals surface area contributed by atoms with Crippen molar-refractivity contribution < 1.29 is 18.3 Å². The second-order valence-corrected chi connectivity index (χ2v) is 5.25. The third-order valence-corrected chi connectivity index (χ3v) is 3.27. The molecular weight excluding hydrogens is 344 g/mol. The molecule has 3 nitrogen and oxygen atoms in total. The first-order chi connectivity index (χ1) is 9.95. The molecule has 2 rings (SSSR count). The Balaban J connectivity index is 1.96. The van der Waals surface area contributed by atoms with E-state index in [2.05, 4.69) is 21.2 Å². The highest BCUT2D eigenvalue weighted by atomic mass is 79.9. The maximum absolute atomic E-state index is 13.6. The zero-order chi connectivity index (χ0) is 15.4. The van der Waals surface area contributed by atoms with Gasteiger partial charge in [-0.05, 0) is 58.7 Å². The van der Waals surface area contributed by atoms with Crippen LogP contribution in [0.15, 0.2) is 40.9 Å². The van der Waals surface area contributed by atoms with Gasteiger partial charge in [-0.2, -0.15) is 0 Å². The monoisotopic (exact) mass is 355 g/mol. The molecule has 2 aromatic rings. The smallest absolute Gasteiger partial charge is 0.262 e. The second kappa shape index (κ2) is 6.67. The van der Waals surface area contributed by atoms with E-state index in [1.807, 2.05) is 0 Å². The number of halogens is 3. The third-order valence-electron chi connectivity index (χ3n) is 2.65. The first-order valence-electron chi connectivity index (χ1n) is 6.09. The van der Waals surface area contributed by atoms with E-state index in [9.17, 15) is 13.6 Å². The van der Waals surface area contributed by atoms with Crippen molar-refractivity contribution in [1.29, 1.82) is 0 Å². The van der Waals surface area contributed by atoms with Crippen LogP contribution in [0.25, 0.3) is 0 Å². The van der Waals surface area contributed by atoms with Crippen LogP contribution in [0.3, 0.4) is 0 Å². The highest BCUT2D eigenvalue weighted by molar-refractivity contribution is 9.10. The molecule has 0 aromatic heterocycles. The number of carbonyl (C=O) groups excluding carboxylic acids is 1. The van der Waals surface area contributed by atoms with Crippen molar-refractivity contribution in [3.63, 3.8) is 0 Å². The fraction of sp³-hybridized carbons (Fsp3) is 0.133. The highest BCUT2D eigenvalue weighted by Crippen LogP contribution is 2.25. The minimum atomic E-state index is -0.508. The van der Waals surface area contributed by atoms with Gasteiger partial charge in [-0.3, -0.25) is 4.79 Å². The third kappa shape index (κ3) is 4.26. The molecule has 0 aliphatic carbocycles. The van der Waals surface area contributed by atoms with Crippen LogP contribution >= 0.6 is 15.9 Å². The fourth-order valence-corrected chi connectivity index (χ4v) is 2.11. The van der Waals surface area contributed by atoms with Crippen LogP contribution in [0.5, 0.6) is 5.75 Å². The van der Waals surface area contributed by atoms with Gasteiger partial charge < -0.3 is 10.1 Å². The van der Waals surface area contributed by atoms with E-state index in [0.29, 0.717) is 10.2 Å². The number of hydrogen-bond acceptors (Lipinski definition) is 2. The summed E-state index contributed by atoms with van der Waals surface area (Å²) in [7, 11) is 0. The number of anilines is 1. The van der Waals surface area contributed by atoms with Crippen LogP contribution in [0.4, 0.5) is 14.5 Å². The number of amides is 1. The summed E-state index contributed by atoms with van der Waals surface area (Å²) in [6.45, 7) is 1.45. The van der Waals surface area contributed by atoms with Crippen LogP contribution in [-0.2, 0) is 4.79 Å². The number of ether oxygens (including phenoxy) is 1. The van der Waals surface area contributed by atoms with Gasteiger partial charge in [-0.15, -0.1) is 0 Å². The Morgan fingerprint density at radius 1 is 1.24 bits per heavy atom. The molecule has 6 heteroatoms. The normalized spacial score (nSPS) is 10.3. The largest absolute Gasteiger partial charge is 0.483 e. The van der Waals surface area contributed by atoms with Gasteiger partial charge in [0.05, 0.1) is 10.2 Å². The molecule has 21 heavy (non-hydrogen) atoms. The Bertz CT molecular complexity index is 677. The average molecular weight is 356 g/mol. The van der Waals surface area contributed by atoms with E-state index in [1.165, 1.54) is 30.3 Å². The predicted molar refractivity (Wildman–Crippen MR) is 79.4 cm³/mol. The number of benzene rings is 2. The van der Waals surface area contributed by atoms with Gasteiger partial charge in [-0.25, -0.2) is 8.78 Å². The van der Waals surface area contributed by atoms with Gasteiger partial charge >= 0.3 is 0 Å². The van der Waals surface area contributed by atoms with Crippen molar-refractivity contribution in [3.05, 3.63) is 58.1 Å². The summed E-state index contributed by atoms with van der Waals surface area (Å²) in [6.07, 6.45) is 0. The summed E-state index contributed by atoms with van der Waals surface area (Å²) in [5, 5.41) is 2.41. The van der Waals surface area contributed by atoms with Crippen LogP contribution in [-0.4, -0.2) is 12.5 Å². The van der Waals surface area contributed by atoms with Gasteiger partial charge in [-0.1, -0.05) is 6.07 Å².